The van der Waals surface area contributed by atoms with Crippen molar-refractivity contribution in [2.24, 2.45) is 0 Å². The van der Waals surface area contributed by atoms with Crippen molar-refractivity contribution in [3.8, 4) is 5.75 Å². The molecule has 0 bridgehead atoms. The van der Waals surface area contributed by atoms with E-state index in [4.69, 9.17) is 22.2 Å². The van der Waals surface area contributed by atoms with Gasteiger partial charge >= 0.3 is 0 Å². The van der Waals surface area contributed by atoms with Crippen molar-refractivity contribution in [2.75, 3.05) is 18.6 Å². The zero-order valence-corrected chi connectivity index (χ0v) is 20.4. The average molecular weight is 480 g/mol. The molecule has 2 N–H and O–H groups in total. The minimum absolute atomic E-state index is 0.0309. The van der Waals surface area contributed by atoms with Gasteiger partial charge in [0.2, 0.25) is 11.1 Å². The molecule has 0 saturated carbocycles. The highest BCUT2D eigenvalue weighted by Crippen LogP contribution is 2.28. The molecule has 0 aliphatic heterocycles. The van der Waals surface area contributed by atoms with E-state index in [2.05, 4.69) is 36.2 Å². The van der Waals surface area contributed by atoms with Crippen LogP contribution in [0.25, 0.3) is 0 Å². The highest BCUT2D eigenvalue weighted by Gasteiger charge is 2.16. The lowest BCUT2D eigenvalue weighted by molar-refractivity contribution is -0.127. The highest BCUT2D eigenvalue weighted by molar-refractivity contribution is 7.99. The first-order valence-corrected chi connectivity index (χ1v) is 12.0. The van der Waals surface area contributed by atoms with Gasteiger partial charge in [0.05, 0.1) is 16.6 Å². The van der Waals surface area contributed by atoms with Crippen LogP contribution in [0.3, 0.4) is 0 Å². The van der Waals surface area contributed by atoms with Gasteiger partial charge < -0.3 is 15.5 Å². The number of carbonyl (C=O) groups excluding carboxylic acids is 1. The average Bonchev–Trinajstić information content (AvgIpc) is 3.29. The van der Waals surface area contributed by atoms with Crippen molar-refractivity contribution in [1.29, 1.82) is 0 Å². The molecule has 0 aliphatic rings. The summed E-state index contributed by atoms with van der Waals surface area (Å²) in [4.78, 5) is 15.1. The van der Waals surface area contributed by atoms with Crippen LogP contribution in [0.2, 0.25) is 4.34 Å². The number of hydrogen-bond donors (Lipinski definition) is 1. The van der Waals surface area contributed by atoms with Gasteiger partial charge in [0.15, 0.2) is 5.82 Å². The van der Waals surface area contributed by atoms with Crippen LogP contribution in [-0.2, 0) is 17.9 Å². The number of nitrogen functional groups attached to an aromatic ring is 1. The number of halogens is 1. The predicted octanol–water partition coefficient (Wildman–Crippen LogP) is 4.47. The summed E-state index contributed by atoms with van der Waals surface area (Å²) >= 11 is 8.66. The predicted molar refractivity (Wildman–Crippen MR) is 126 cm³/mol. The van der Waals surface area contributed by atoms with Gasteiger partial charge in [-0.15, -0.1) is 21.5 Å². The largest absolute Gasteiger partial charge is 0.485 e. The van der Waals surface area contributed by atoms with Gasteiger partial charge in [-0.2, -0.15) is 0 Å². The van der Waals surface area contributed by atoms with Crippen molar-refractivity contribution in [2.45, 2.75) is 45.0 Å². The summed E-state index contributed by atoms with van der Waals surface area (Å²) in [5, 5.41) is 8.70. The quantitative estimate of drug-likeness (QED) is 0.360. The van der Waals surface area contributed by atoms with Gasteiger partial charge in [-0.05, 0) is 42.2 Å². The highest BCUT2D eigenvalue weighted by atomic mass is 35.5. The number of carbonyl (C=O) groups is 1. The molecular formula is C21H26ClN5O2S2. The number of ether oxygens (including phenoxy) is 1. The van der Waals surface area contributed by atoms with E-state index >= 15 is 0 Å². The maximum atomic E-state index is 12.4. The fourth-order valence-corrected chi connectivity index (χ4v) is 4.84. The summed E-state index contributed by atoms with van der Waals surface area (Å²) in [6.45, 7) is 6.98. The van der Waals surface area contributed by atoms with Crippen molar-refractivity contribution in [1.82, 2.24) is 19.8 Å². The number of benzene rings is 1. The molecule has 0 spiro atoms. The number of aryl methyl sites for hydroxylation is 1. The van der Waals surface area contributed by atoms with Gasteiger partial charge in [0.25, 0.3) is 0 Å². The SMILES string of the molecule is Cc1ccc(C(C)C)c(OCc2nnc(SCC(=O)N(C)Cc3ccc(Cl)s3)n2N)c1. The monoisotopic (exact) mass is 479 g/mol. The molecule has 1 aromatic carbocycles. The lowest BCUT2D eigenvalue weighted by Gasteiger charge is -2.16. The molecular weight excluding hydrogens is 454 g/mol. The van der Waals surface area contributed by atoms with Crippen molar-refractivity contribution >= 4 is 40.6 Å². The first kappa shape index (κ1) is 23.4. The third kappa shape index (κ3) is 6.15. The van der Waals surface area contributed by atoms with Crippen LogP contribution in [0.1, 0.15) is 41.6 Å². The minimum Gasteiger partial charge on any atom is -0.485 e. The Labute approximate surface area is 195 Å². The van der Waals surface area contributed by atoms with E-state index in [0.29, 0.717) is 27.8 Å². The molecule has 1 amide bonds. The number of thiophene rings is 1. The number of aromatic nitrogens is 3. The Balaban J connectivity index is 1.57. The summed E-state index contributed by atoms with van der Waals surface area (Å²) in [6.07, 6.45) is 0. The van der Waals surface area contributed by atoms with E-state index in [-0.39, 0.29) is 18.3 Å². The molecule has 10 heteroatoms. The van der Waals surface area contributed by atoms with Crippen molar-refractivity contribution < 1.29 is 9.53 Å². The van der Waals surface area contributed by atoms with E-state index in [0.717, 1.165) is 21.8 Å². The molecule has 0 unspecified atom stereocenters. The Morgan fingerprint density at radius 3 is 2.77 bits per heavy atom. The number of thioether (sulfide) groups is 1. The van der Waals surface area contributed by atoms with E-state index in [1.165, 1.54) is 27.8 Å². The Morgan fingerprint density at radius 2 is 2.10 bits per heavy atom. The molecule has 2 heterocycles. The third-order valence-electron chi connectivity index (χ3n) is 4.66. The van der Waals surface area contributed by atoms with E-state index < -0.39 is 0 Å². The summed E-state index contributed by atoms with van der Waals surface area (Å²) in [5.41, 5.74) is 2.25. The molecule has 0 saturated heterocycles. The third-order valence-corrected chi connectivity index (χ3v) is 6.80. The molecule has 2 aromatic heterocycles. The maximum absolute atomic E-state index is 12.4. The lowest BCUT2D eigenvalue weighted by Crippen LogP contribution is -2.27. The Morgan fingerprint density at radius 1 is 1.32 bits per heavy atom. The molecule has 31 heavy (non-hydrogen) atoms. The molecule has 0 fully saturated rings. The number of amides is 1. The molecule has 0 radical (unpaired) electrons. The molecule has 3 aromatic rings. The van der Waals surface area contributed by atoms with Crippen LogP contribution in [-0.4, -0.2) is 38.5 Å². The summed E-state index contributed by atoms with van der Waals surface area (Å²) in [6, 6.07) is 9.92. The van der Waals surface area contributed by atoms with Crippen LogP contribution in [0, 0.1) is 6.92 Å². The minimum atomic E-state index is -0.0309. The van der Waals surface area contributed by atoms with Gasteiger partial charge in [0.1, 0.15) is 12.4 Å². The van der Waals surface area contributed by atoms with Crippen LogP contribution in [0.4, 0.5) is 0 Å². The molecule has 0 atom stereocenters. The second kappa shape index (κ2) is 10.4. The van der Waals surface area contributed by atoms with Crippen LogP contribution < -0.4 is 10.6 Å². The van der Waals surface area contributed by atoms with Crippen molar-refractivity contribution in [3.05, 3.63) is 56.5 Å². The topological polar surface area (TPSA) is 86.3 Å². The normalized spacial score (nSPS) is 11.2. The Hall–Kier alpha value is -2.23. The van der Waals surface area contributed by atoms with E-state index in [1.54, 1.807) is 11.9 Å². The molecule has 0 aliphatic carbocycles. The number of rotatable bonds is 9. The summed E-state index contributed by atoms with van der Waals surface area (Å²) in [7, 11) is 1.76. The molecule has 166 valence electrons. The van der Waals surface area contributed by atoms with Crippen LogP contribution >= 0.6 is 34.7 Å². The van der Waals surface area contributed by atoms with Crippen LogP contribution in [0.5, 0.6) is 5.75 Å². The standard InChI is InChI=1S/C21H26ClN5O2S2/c1-13(2)16-7-5-14(3)9-17(16)29-11-19-24-25-21(27(19)23)30-12-20(28)26(4)10-15-6-8-18(22)31-15/h5-9,13H,10-12,23H2,1-4H3. The van der Waals surface area contributed by atoms with Crippen LogP contribution in [0.15, 0.2) is 35.5 Å². The van der Waals surface area contributed by atoms with E-state index in [9.17, 15) is 4.79 Å². The van der Waals surface area contributed by atoms with Gasteiger partial charge in [-0.3, -0.25) is 4.79 Å². The summed E-state index contributed by atoms with van der Waals surface area (Å²) < 4.78 is 8.08. The smallest absolute Gasteiger partial charge is 0.233 e. The fourth-order valence-electron chi connectivity index (χ4n) is 2.89. The number of hydrogen-bond acceptors (Lipinski definition) is 7. The number of nitrogens with zero attached hydrogens (tertiary/aromatic N) is 4. The zero-order chi connectivity index (χ0) is 22.5. The maximum Gasteiger partial charge on any atom is 0.233 e. The second-order valence-electron chi connectivity index (χ2n) is 7.50. The Kier molecular flexibility index (Phi) is 7.85. The summed E-state index contributed by atoms with van der Waals surface area (Å²) in [5.74, 6) is 7.96. The van der Waals surface area contributed by atoms with Gasteiger partial charge in [-0.1, -0.05) is 49.3 Å². The molecule has 3 rings (SSSR count). The van der Waals surface area contributed by atoms with E-state index in [1.807, 2.05) is 25.1 Å². The number of nitrogens with two attached hydrogens (primary N) is 1. The Bertz CT molecular complexity index is 1050. The lowest BCUT2D eigenvalue weighted by atomic mass is 10.0. The second-order valence-corrected chi connectivity index (χ2v) is 10.2. The van der Waals surface area contributed by atoms with Gasteiger partial charge in [0, 0.05) is 11.9 Å². The molecule has 7 nitrogen and oxygen atoms in total. The fraction of sp³-hybridized carbons (Fsp3) is 0.381. The zero-order valence-electron chi connectivity index (χ0n) is 18.0. The van der Waals surface area contributed by atoms with Gasteiger partial charge in [-0.25, -0.2) is 4.68 Å². The van der Waals surface area contributed by atoms with Crippen molar-refractivity contribution in [3.63, 3.8) is 0 Å². The first-order valence-electron chi connectivity index (χ1n) is 9.78. The first-order chi connectivity index (χ1) is 14.7.